The lowest BCUT2D eigenvalue weighted by Crippen LogP contribution is -2.31. The monoisotopic (exact) mass is 243 g/mol. The molecule has 0 atom stereocenters. The number of hydrogen-bond acceptors (Lipinski definition) is 5. The van der Waals surface area contributed by atoms with Gasteiger partial charge in [-0.2, -0.15) is 0 Å². The van der Waals surface area contributed by atoms with E-state index in [2.05, 4.69) is 17.9 Å². The summed E-state index contributed by atoms with van der Waals surface area (Å²) < 4.78 is 9.63. The van der Waals surface area contributed by atoms with Gasteiger partial charge in [0.25, 0.3) is 0 Å². The molecule has 98 valence electrons. The summed E-state index contributed by atoms with van der Waals surface area (Å²) >= 11 is 0. The molecular weight excluding hydrogens is 222 g/mol. The number of rotatable bonds is 6. The minimum Gasteiger partial charge on any atom is -0.465 e. The van der Waals surface area contributed by atoms with Gasteiger partial charge in [-0.3, -0.25) is 15.3 Å². The number of hydrogen-bond donors (Lipinski definition) is 1. The molecule has 17 heavy (non-hydrogen) atoms. The Hall–Kier alpha value is -1.36. The van der Waals surface area contributed by atoms with Gasteiger partial charge in [0, 0.05) is 0 Å². The zero-order chi connectivity index (χ0) is 13.3. The number of carbonyl (C=O) groups is 2. The molecule has 1 aliphatic rings. The molecule has 1 saturated carbocycles. The predicted octanol–water partition coefficient (Wildman–Crippen LogP) is 1.37. The number of ether oxygens (including phenoxy) is 2. The van der Waals surface area contributed by atoms with E-state index >= 15 is 0 Å². The van der Waals surface area contributed by atoms with Gasteiger partial charge in [0.1, 0.15) is 6.73 Å². The Morgan fingerprint density at radius 2 is 1.76 bits per heavy atom. The van der Waals surface area contributed by atoms with Crippen LogP contribution in [0.1, 0.15) is 32.6 Å². The Kier molecular flexibility index (Phi) is 7.21. The molecule has 0 aromatic carbocycles. The standard InChI is InChI=1S/C10H17NO4.C2H4/c1-2-3-6-14-8(12)10(4-5-10)9(13)15-7-11;1-2/h2-7,11H2,1H3;1-2H2. The zero-order valence-corrected chi connectivity index (χ0v) is 10.4. The summed E-state index contributed by atoms with van der Waals surface area (Å²) in [6.45, 7) is 8.18. The fraction of sp³-hybridized carbons (Fsp3) is 0.667. The Morgan fingerprint density at radius 1 is 1.24 bits per heavy atom. The van der Waals surface area contributed by atoms with Gasteiger partial charge in [0.2, 0.25) is 0 Å². The molecule has 0 saturated heterocycles. The summed E-state index contributed by atoms with van der Waals surface area (Å²) in [5.74, 6) is -1.01. The molecule has 5 heteroatoms. The Labute approximate surface area is 102 Å². The molecule has 0 amide bonds. The molecular formula is C12H21NO4. The maximum Gasteiger partial charge on any atom is 0.324 e. The van der Waals surface area contributed by atoms with Crippen molar-refractivity contribution in [1.29, 1.82) is 0 Å². The topological polar surface area (TPSA) is 78.6 Å². The molecule has 0 heterocycles. The van der Waals surface area contributed by atoms with Crippen molar-refractivity contribution < 1.29 is 19.1 Å². The first kappa shape index (κ1) is 15.6. The van der Waals surface area contributed by atoms with Crippen molar-refractivity contribution in [2.45, 2.75) is 32.6 Å². The average molecular weight is 243 g/mol. The quantitative estimate of drug-likeness (QED) is 0.250. The van der Waals surface area contributed by atoms with E-state index in [1.165, 1.54) is 0 Å². The average Bonchev–Trinajstić information content (AvgIpc) is 3.13. The molecule has 0 aromatic rings. The molecule has 0 radical (unpaired) electrons. The van der Waals surface area contributed by atoms with E-state index in [0.717, 1.165) is 12.8 Å². The normalized spacial score (nSPS) is 15.2. The fourth-order valence-electron chi connectivity index (χ4n) is 1.28. The highest BCUT2D eigenvalue weighted by Crippen LogP contribution is 2.47. The molecule has 5 nitrogen and oxygen atoms in total. The van der Waals surface area contributed by atoms with E-state index in [1.54, 1.807) is 0 Å². The minimum absolute atomic E-state index is 0.192. The predicted molar refractivity (Wildman–Crippen MR) is 63.9 cm³/mol. The van der Waals surface area contributed by atoms with Crippen molar-refractivity contribution in [1.82, 2.24) is 0 Å². The fourth-order valence-corrected chi connectivity index (χ4v) is 1.28. The summed E-state index contributed by atoms with van der Waals surface area (Å²) in [5.41, 5.74) is 4.05. The maximum absolute atomic E-state index is 11.6. The number of esters is 2. The van der Waals surface area contributed by atoms with Gasteiger partial charge in [0.15, 0.2) is 5.41 Å². The van der Waals surface area contributed by atoms with Crippen molar-refractivity contribution in [3.63, 3.8) is 0 Å². The molecule has 0 aromatic heterocycles. The SMILES string of the molecule is C=C.CCCCOC(=O)C1(C(=O)OCN)CC1. The van der Waals surface area contributed by atoms with Gasteiger partial charge < -0.3 is 9.47 Å². The van der Waals surface area contributed by atoms with Crippen LogP contribution in [0.2, 0.25) is 0 Å². The second kappa shape index (κ2) is 7.84. The molecule has 0 aliphatic heterocycles. The first-order chi connectivity index (χ1) is 8.17. The number of carbonyl (C=O) groups excluding carboxylic acids is 2. The second-order valence-electron chi connectivity index (χ2n) is 3.67. The third-order valence-corrected chi connectivity index (χ3v) is 2.48. The van der Waals surface area contributed by atoms with E-state index in [4.69, 9.17) is 10.5 Å². The van der Waals surface area contributed by atoms with Crippen LogP contribution in [0.15, 0.2) is 13.2 Å². The zero-order valence-electron chi connectivity index (χ0n) is 10.4. The van der Waals surface area contributed by atoms with Crippen molar-refractivity contribution in [3.8, 4) is 0 Å². The maximum atomic E-state index is 11.6. The summed E-state index contributed by atoms with van der Waals surface area (Å²) in [6, 6.07) is 0. The molecule has 1 aliphatic carbocycles. The largest absolute Gasteiger partial charge is 0.465 e. The molecule has 1 fully saturated rings. The van der Waals surface area contributed by atoms with E-state index in [-0.39, 0.29) is 6.73 Å². The van der Waals surface area contributed by atoms with Gasteiger partial charge in [-0.1, -0.05) is 13.3 Å². The van der Waals surface area contributed by atoms with E-state index < -0.39 is 17.4 Å². The lowest BCUT2D eigenvalue weighted by atomic mass is 10.1. The first-order valence-corrected chi connectivity index (χ1v) is 5.72. The molecule has 1 rings (SSSR count). The van der Waals surface area contributed by atoms with Crippen LogP contribution in [0.4, 0.5) is 0 Å². The van der Waals surface area contributed by atoms with Crippen LogP contribution < -0.4 is 5.73 Å². The van der Waals surface area contributed by atoms with Crippen LogP contribution in [0.5, 0.6) is 0 Å². The number of unbranched alkanes of at least 4 members (excludes halogenated alkanes) is 1. The first-order valence-electron chi connectivity index (χ1n) is 5.72. The molecule has 2 N–H and O–H groups in total. The van der Waals surface area contributed by atoms with Gasteiger partial charge in [-0.25, -0.2) is 0 Å². The van der Waals surface area contributed by atoms with Crippen LogP contribution in [0, 0.1) is 5.41 Å². The molecule has 0 bridgehead atoms. The summed E-state index contributed by atoms with van der Waals surface area (Å²) in [5, 5.41) is 0. The van der Waals surface area contributed by atoms with Crippen LogP contribution in [0.25, 0.3) is 0 Å². The van der Waals surface area contributed by atoms with Crippen LogP contribution in [-0.4, -0.2) is 25.3 Å². The van der Waals surface area contributed by atoms with Crippen molar-refractivity contribution in [3.05, 3.63) is 13.2 Å². The van der Waals surface area contributed by atoms with Crippen molar-refractivity contribution in [2.75, 3.05) is 13.3 Å². The van der Waals surface area contributed by atoms with Crippen LogP contribution in [-0.2, 0) is 19.1 Å². The third kappa shape index (κ3) is 4.19. The highest BCUT2D eigenvalue weighted by atomic mass is 16.6. The van der Waals surface area contributed by atoms with Gasteiger partial charge >= 0.3 is 11.9 Å². The molecule has 0 unspecified atom stereocenters. The second-order valence-corrected chi connectivity index (χ2v) is 3.67. The highest BCUT2D eigenvalue weighted by Gasteiger charge is 2.59. The highest BCUT2D eigenvalue weighted by molar-refractivity contribution is 6.03. The lowest BCUT2D eigenvalue weighted by molar-refractivity contribution is -0.164. The van der Waals surface area contributed by atoms with E-state index in [0.29, 0.717) is 19.4 Å². The Balaban J connectivity index is 0.00000121. The Bertz CT molecular complexity index is 261. The summed E-state index contributed by atoms with van der Waals surface area (Å²) in [4.78, 5) is 23.0. The van der Waals surface area contributed by atoms with E-state index in [9.17, 15) is 9.59 Å². The molecule has 0 spiro atoms. The number of nitrogens with two attached hydrogens (primary N) is 1. The van der Waals surface area contributed by atoms with Gasteiger partial charge in [-0.15, -0.1) is 13.2 Å². The smallest absolute Gasteiger partial charge is 0.324 e. The van der Waals surface area contributed by atoms with Gasteiger partial charge in [0.05, 0.1) is 6.61 Å². The summed E-state index contributed by atoms with van der Waals surface area (Å²) in [7, 11) is 0. The van der Waals surface area contributed by atoms with Crippen LogP contribution in [0.3, 0.4) is 0 Å². The summed E-state index contributed by atoms with van der Waals surface area (Å²) in [6.07, 6.45) is 2.79. The van der Waals surface area contributed by atoms with Crippen molar-refractivity contribution >= 4 is 11.9 Å². The minimum atomic E-state index is -1.03. The van der Waals surface area contributed by atoms with Crippen molar-refractivity contribution in [2.24, 2.45) is 11.1 Å². The van der Waals surface area contributed by atoms with E-state index in [1.807, 2.05) is 6.92 Å². The van der Waals surface area contributed by atoms with Gasteiger partial charge in [-0.05, 0) is 19.3 Å². The Morgan fingerprint density at radius 3 is 2.18 bits per heavy atom. The third-order valence-electron chi connectivity index (χ3n) is 2.48. The lowest BCUT2D eigenvalue weighted by Gasteiger charge is -2.12. The van der Waals surface area contributed by atoms with Crippen LogP contribution >= 0.6 is 0 Å².